The van der Waals surface area contributed by atoms with Gasteiger partial charge in [0.1, 0.15) is 5.69 Å². The molecule has 1 aliphatic rings. The zero-order valence-electron chi connectivity index (χ0n) is 14.1. The van der Waals surface area contributed by atoms with Gasteiger partial charge in [-0.3, -0.25) is 9.48 Å². The van der Waals surface area contributed by atoms with E-state index in [1.54, 1.807) is 4.68 Å². The molecule has 1 amide bonds. The second-order valence-electron chi connectivity index (χ2n) is 6.36. The molecule has 1 fully saturated rings. The van der Waals surface area contributed by atoms with Crippen molar-refractivity contribution in [2.75, 3.05) is 26.7 Å². The Balaban J connectivity index is 0.00000242. The van der Waals surface area contributed by atoms with Crippen LogP contribution in [0.4, 0.5) is 0 Å². The van der Waals surface area contributed by atoms with Gasteiger partial charge in [0.05, 0.1) is 5.69 Å². The number of likely N-dealkylation sites (tertiary alicyclic amines) is 1. The van der Waals surface area contributed by atoms with E-state index in [9.17, 15) is 4.79 Å². The maximum absolute atomic E-state index is 12.6. The van der Waals surface area contributed by atoms with Crippen LogP contribution in [0.3, 0.4) is 0 Å². The lowest BCUT2D eigenvalue weighted by Gasteiger charge is -2.32. The van der Waals surface area contributed by atoms with E-state index in [4.69, 9.17) is 0 Å². The van der Waals surface area contributed by atoms with Gasteiger partial charge in [-0.05, 0) is 50.8 Å². The third-order valence-corrected chi connectivity index (χ3v) is 4.41. The summed E-state index contributed by atoms with van der Waals surface area (Å²) in [6, 6.07) is 1.94. The van der Waals surface area contributed by atoms with Crippen molar-refractivity contribution >= 4 is 18.3 Å². The van der Waals surface area contributed by atoms with Crippen molar-refractivity contribution in [1.82, 2.24) is 20.0 Å². The number of carbonyl (C=O) groups is 1. The summed E-state index contributed by atoms with van der Waals surface area (Å²) >= 11 is 0. The van der Waals surface area contributed by atoms with Crippen LogP contribution in [0.2, 0.25) is 0 Å². The minimum absolute atomic E-state index is 0. The highest BCUT2D eigenvalue weighted by Gasteiger charge is 2.25. The van der Waals surface area contributed by atoms with Gasteiger partial charge in [0.2, 0.25) is 0 Å². The summed E-state index contributed by atoms with van der Waals surface area (Å²) in [5.74, 6) is 1.23. The smallest absolute Gasteiger partial charge is 0.272 e. The normalized spacial score (nSPS) is 16.0. The molecule has 22 heavy (non-hydrogen) atoms. The number of rotatable bonds is 5. The molecule has 5 nitrogen and oxygen atoms in total. The van der Waals surface area contributed by atoms with E-state index in [2.05, 4.69) is 24.3 Å². The van der Waals surface area contributed by atoms with Crippen molar-refractivity contribution in [1.29, 1.82) is 0 Å². The Morgan fingerprint density at radius 2 is 2.05 bits per heavy atom. The Bertz CT molecular complexity index is 478. The largest absolute Gasteiger partial charge is 0.337 e. The van der Waals surface area contributed by atoms with E-state index >= 15 is 0 Å². The van der Waals surface area contributed by atoms with Crippen molar-refractivity contribution < 1.29 is 4.79 Å². The van der Waals surface area contributed by atoms with Gasteiger partial charge in [-0.25, -0.2) is 0 Å². The van der Waals surface area contributed by atoms with Crippen molar-refractivity contribution in [3.05, 3.63) is 17.5 Å². The third-order valence-electron chi connectivity index (χ3n) is 4.41. The molecule has 1 aliphatic heterocycles. The number of halogens is 1. The van der Waals surface area contributed by atoms with Crippen molar-refractivity contribution in [3.63, 3.8) is 0 Å². The number of carbonyl (C=O) groups excluding carboxylic acids is 1. The summed E-state index contributed by atoms with van der Waals surface area (Å²) < 4.78 is 1.73. The van der Waals surface area contributed by atoms with Gasteiger partial charge in [-0.1, -0.05) is 13.8 Å². The highest BCUT2D eigenvalue weighted by molar-refractivity contribution is 5.92. The molecule has 1 aromatic rings. The average molecular weight is 329 g/mol. The number of nitrogens with one attached hydrogen (secondary N) is 1. The summed E-state index contributed by atoms with van der Waals surface area (Å²) in [6.45, 7) is 7.01. The molecule has 0 atom stereocenters. The molecule has 1 N–H and O–H groups in total. The average Bonchev–Trinajstić information content (AvgIpc) is 2.87. The molecule has 0 aliphatic carbocycles. The molecule has 0 bridgehead atoms. The number of hydrogen-bond donors (Lipinski definition) is 1. The van der Waals surface area contributed by atoms with Gasteiger partial charge < -0.3 is 10.2 Å². The van der Waals surface area contributed by atoms with Crippen LogP contribution in [0.1, 0.15) is 55.2 Å². The zero-order chi connectivity index (χ0) is 15.4. The lowest BCUT2D eigenvalue weighted by molar-refractivity contribution is 0.0676. The van der Waals surface area contributed by atoms with Crippen LogP contribution >= 0.6 is 12.4 Å². The molecule has 0 aromatic carbocycles. The molecular formula is C16H29ClN4O. The predicted molar refractivity (Wildman–Crippen MR) is 91.7 cm³/mol. The summed E-state index contributed by atoms with van der Waals surface area (Å²) in [6.07, 6.45) is 3.44. The maximum Gasteiger partial charge on any atom is 0.272 e. The van der Waals surface area contributed by atoms with Crippen LogP contribution in [-0.4, -0.2) is 47.3 Å². The standard InChI is InChI=1S/C16H28N4O.ClH/c1-12(2)14-11-15(19(4)18-14)16(21)20-9-6-13(7-10-20)5-8-17-3;/h11-13,17H,5-10H2,1-4H3;1H. The molecule has 1 aromatic heterocycles. The van der Waals surface area contributed by atoms with Gasteiger partial charge in [-0.2, -0.15) is 5.10 Å². The van der Waals surface area contributed by atoms with Gasteiger partial charge in [-0.15, -0.1) is 12.4 Å². The maximum atomic E-state index is 12.6. The van der Waals surface area contributed by atoms with Gasteiger partial charge in [0, 0.05) is 20.1 Å². The van der Waals surface area contributed by atoms with Crippen LogP contribution in [0, 0.1) is 5.92 Å². The fourth-order valence-corrected chi connectivity index (χ4v) is 2.91. The van der Waals surface area contributed by atoms with Crippen LogP contribution in [0.15, 0.2) is 6.07 Å². The van der Waals surface area contributed by atoms with Crippen molar-refractivity contribution in [2.45, 2.75) is 39.0 Å². The van der Waals surface area contributed by atoms with Crippen molar-refractivity contribution in [3.8, 4) is 0 Å². The monoisotopic (exact) mass is 328 g/mol. The van der Waals surface area contributed by atoms with Crippen LogP contribution in [0.5, 0.6) is 0 Å². The Hall–Kier alpha value is -1.07. The first kappa shape index (κ1) is 19.0. The first-order chi connectivity index (χ1) is 10.0. The Labute approximate surface area is 139 Å². The number of hydrogen-bond acceptors (Lipinski definition) is 3. The molecule has 2 heterocycles. The summed E-state index contributed by atoms with van der Waals surface area (Å²) in [5.41, 5.74) is 1.71. The first-order valence-corrected chi connectivity index (χ1v) is 8.00. The highest BCUT2D eigenvalue weighted by atomic mass is 35.5. The summed E-state index contributed by atoms with van der Waals surface area (Å²) in [4.78, 5) is 14.6. The Morgan fingerprint density at radius 1 is 1.41 bits per heavy atom. The fraction of sp³-hybridized carbons (Fsp3) is 0.750. The third kappa shape index (κ3) is 4.46. The summed E-state index contributed by atoms with van der Waals surface area (Å²) in [7, 11) is 3.85. The van der Waals surface area contributed by atoms with E-state index in [-0.39, 0.29) is 18.3 Å². The lowest BCUT2D eigenvalue weighted by Crippen LogP contribution is -2.39. The Morgan fingerprint density at radius 3 is 2.55 bits per heavy atom. The van der Waals surface area contributed by atoms with Crippen molar-refractivity contribution in [2.24, 2.45) is 13.0 Å². The number of amides is 1. The topological polar surface area (TPSA) is 50.2 Å². The van der Waals surface area contributed by atoms with Crippen LogP contribution in [-0.2, 0) is 7.05 Å². The van der Waals surface area contributed by atoms with Crippen LogP contribution in [0.25, 0.3) is 0 Å². The molecule has 1 saturated heterocycles. The van der Waals surface area contributed by atoms with E-state index in [1.807, 2.05) is 25.1 Å². The quantitative estimate of drug-likeness (QED) is 0.903. The lowest BCUT2D eigenvalue weighted by atomic mass is 9.93. The minimum Gasteiger partial charge on any atom is -0.337 e. The highest BCUT2D eigenvalue weighted by Crippen LogP contribution is 2.22. The minimum atomic E-state index is 0. The molecule has 0 spiro atoms. The SMILES string of the molecule is CNCCC1CCN(C(=O)c2cc(C(C)C)nn2C)CC1.Cl. The Kier molecular flexibility index (Phi) is 7.36. The molecule has 6 heteroatoms. The van der Waals surface area contributed by atoms with Gasteiger partial charge in [0.25, 0.3) is 5.91 Å². The van der Waals surface area contributed by atoms with Gasteiger partial charge in [0.15, 0.2) is 0 Å². The molecule has 0 radical (unpaired) electrons. The second-order valence-corrected chi connectivity index (χ2v) is 6.36. The fourth-order valence-electron chi connectivity index (χ4n) is 2.91. The first-order valence-electron chi connectivity index (χ1n) is 8.00. The van der Waals surface area contributed by atoms with Gasteiger partial charge >= 0.3 is 0 Å². The second kappa shape index (κ2) is 8.53. The van der Waals surface area contributed by atoms with Crippen LogP contribution < -0.4 is 5.32 Å². The van der Waals surface area contributed by atoms with E-state index < -0.39 is 0 Å². The molecule has 126 valence electrons. The van der Waals surface area contributed by atoms with E-state index in [0.29, 0.717) is 11.6 Å². The molecular weight excluding hydrogens is 300 g/mol. The number of aryl methyl sites for hydroxylation is 1. The summed E-state index contributed by atoms with van der Waals surface area (Å²) in [5, 5.41) is 7.65. The molecule has 2 rings (SSSR count). The van der Waals surface area contributed by atoms with E-state index in [1.165, 1.54) is 6.42 Å². The number of aromatic nitrogens is 2. The van der Waals surface area contributed by atoms with E-state index in [0.717, 1.165) is 44.1 Å². The number of piperidine rings is 1. The molecule has 0 unspecified atom stereocenters. The predicted octanol–water partition coefficient (Wildman–Crippen LogP) is 2.43. The zero-order valence-corrected chi connectivity index (χ0v) is 14.9. The number of nitrogens with zero attached hydrogens (tertiary/aromatic N) is 3. The molecule has 0 saturated carbocycles.